The summed E-state index contributed by atoms with van der Waals surface area (Å²) in [6.45, 7) is 1.75. The van der Waals surface area contributed by atoms with Crippen molar-refractivity contribution >= 4 is 38.1 Å². The minimum absolute atomic E-state index is 0.0276. The number of anilines is 2. The van der Waals surface area contributed by atoms with E-state index >= 15 is 0 Å². The molecule has 2 N–H and O–H groups in total. The quantitative estimate of drug-likeness (QED) is 0.591. The zero-order valence-corrected chi connectivity index (χ0v) is 16.1. The average Bonchev–Trinajstić information content (AvgIpc) is 3.25. The van der Waals surface area contributed by atoms with Crippen molar-refractivity contribution in [2.45, 2.75) is 18.4 Å². The fourth-order valence-corrected chi connectivity index (χ4v) is 3.76. The molecule has 154 valence electrons. The molecule has 0 unspecified atom stereocenters. The highest BCUT2D eigenvalue weighted by Gasteiger charge is 2.31. The molecule has 1 amide bonds. The Bertz CT molecular complexity index is 1120. The molecule has 0 aliphatic heterocycles. The Kier molecular flexibility index (Phi) is 5.53. The van der Waals surface area contributed by atoms with Crippen LogP contribution in [0.1, 0.15) is 16.2 Å². The predicted molar refractivity (Wildman–Crippen MR) is 97.4 cm³/mol. The van der Waals surface area contributed by atoms with Crippen molar-refractivity contribution in [3.8, 4) is 5.75 Å². The zero-order chi connectivity index (χ0) is 21.2. The minimum Gasteiger partial charge on any atom is -0.438 e. The van der Waals surface area contributed by atoms with E-state index in [2.05, 4.69) is 19.8 Å². The first-order chi connectivity index (χ1) is 13.5. The Balaban J connectivity index is 1.69. The van der Waals surface area contributed by atoms with Crippen LogP contribution in [0.2, 0.25) is 0 Å². The largest absolute Gasteiger partial charge is 0.573 e. The maximum absolute atomic E-state index is 12.4. The van der Waals surface area contributed by atoms with Gasteiger partial charge < -0.3 is 9.15 Å². The number of hydrogen-bond donors (Lipinski definition) is 2. The van der Waals surface area contributed by atoms with Gasteiger partial charge in [0.25, 0.3) is 15.9 Å². The van der Waals surface area contributed by atoms with Crippen molar-refractivity contribution in [3.05, 3.63) is 53.2 Å². The SMILES string of the molecule is Cc1csc(NC(=O)c2ccc(S(=O)(=O)Nc3ccc(OC(F)(F)F)cc3)o2)n1. The van der Waals surface area contributed by atoms with Crippen molar-refractivity contribution in [1.82, 2.24) is 4.98 Å². The fourth-order valence-electron chi connectivity index (χ4n) is 2.09. The highest BCUT2D eigenvalue weighted by Crippen LogP contribution is 2.25. The van der Waals surface area contributed by atoms with E-state index in [1.807, 2.05) is 0 Å². The summed E-state index contributed by atoms with van der Waals surface area (Å²) >= 11 is 1.20. The molecule has 0 saturated heterocycles. The van der Waals surface area contributed by atoms with Gasteiger partial charge in [-0.1, -0.05) is 0 Å². The minimum atomic E-state index is -4.86. The van der Waals surface area contributed by atoms with Gasteiger partial charge in [0.2, 0.25) is 5.09 Å². The molecular formula is C16H12F3N3O5S2. The number of halogens is 3. The Morgan fingerprint density at radius 2 is 1.86 bits per heavy atom. The topological polar surface area (TPSA) is 111 Å². The van der Waals surface area contributed by atoms with Crippen molar-refractivity contribution < 1.29 is 35.5 Å². The summed E-state index contributed by atoms with van der Waals surface area (Å²) in [4.78, 5) is 16.2. The van der Waals surface area contributed by atoms with Gasteiger partial charge in [-0.05, 0) is 43.3 Å². The van der Waals surface area contributed by atoms with Gasteiger partial charge in [-0.25, -0.2) is 4.98 Å². The molecule has 0 atom stereocenters. The van der Waals surface area contributed by atoms with E-state index in [1.165, 1.54) is 17.4 Å². The van der Waals surface area contributed by atoms with Crippen LogP contribution in [0.3, 0.4) is 0 Å². The third-order valence-corrected chi connectivity index (χ3v) is 5.38. The molecule has 0 bridgehead atoms. The molecule has 3 rings (SSSR count). The number of carbonyl (C=O) groups excluding carboxylic acids is 1. The van der Waals surface area contributed by atoms with Crippen LogP contribution in [-0.4, -0.2) is 25.7 Å². The second-order valence-corrected chi connectivity index (χ2v) is 8.02. The number of aromatic nitrogens is 1. The van der Waals surface area contributed by atoms with Gasteiger partial charge in [0.15, 0.2) is 10.9 Å². The van der Waals surface area contributed by atoms with E-state index in [4.69, 9.17) is 4.42 Å². The highest BCUT2D eigenvalue weighted by atomic mass is 32.2. The van der Waals surface area contributed by atoms with Crippen molar-refractivity contribution in [1.29, 1.82) is 0 Å². The Hall–Kier alpha value is -3.06. The number of hydrogen-bond acceptors (Lipinski definition) is 7. The number of carbonyl (C=O) groups is 1. The molecule has 2 aromatic heterocycles. The molecule has 3 aromatic rings. The maximum atomic E-state index is 12.4. The Morgan fingerprint density at radius 1 is 1.17 bits per heavy atom. The molecule has 0 radical (unpaired) electrons. The zero-order valence-electron chi connectivity index (χ0n) is 14.5. The van der Waals surface area contributed by atoms with Crippen LogP contribution in [0.15, 0.2) is 51.3 Å². The third-order valence-electron chi connectivity index (χ3n) is 3.25. The normalized spacial score (nSPS) is 11.9. The summed E-state index contributed by atoms with van der Waals surface area (Å²) in [6, 6.07) is 6.31. The summed E-state index contributed by atoms with van der Waals surface area (Å²) in [7, 11) is -4.22. The Morgan fingerprint density at radius 3 is 2.45 bits per heavy atom. The average molecular weight is 447 g/mol. The van der Waals surface area contributed by atoms with Crippen molar-refractivity contribution in [3.63, 3.8) is 0 Å². The molecule has 0 spiro atoms. The van der Waals surface area contributed by atoms with Crippen molar-refractivity contribution in [2.75, 3.05) is 10.0 Å². The van der Waals surface area contributed by atoms with Crippen LogP contribution in [-0.2, 0) is 10.0 Å². The number of ether oxygens (including phenoxy) is 1. The van der Waals surface area contributed by atoms with Crippen LogP contribution in [0.5, 0.6) is 5.75 Å². The summed E-state index contributed by atoms with van der Waals surface area (Å²) in [5.41, 5.74) is 0.684. The van der Waals surface area contributed by atoms with Crippen LogP contribution in [0, 0.1) is 6.92 Å². The molecular weight excluding hydrogens is 435 g/mol. The number of sulfonamides is 1. The summed E-state index contributed by atoms with van der Waals surface area (Å²) in [6.07, 6.45) is -4.86. The number of thiazole rings is 1. The number of amides is 1. The number of rotatable bonds is 6. The van der Waals surface area contributed by atoms with E-state index < -0.39 is 33.1 Å². The van der Waals surface area contributed by atoms with Gasteiger partial charge >= 0.3 is 6.36 Å². The van der Waals surface area contributed by atoms with Gasteiger partial charge in [-0.3, -0.25) is 14.8 Å². The van der Waals surface area contributed by atoms with Crippen LogP contribution in [0.4, 0.5) is 24.0 Å². The first-order valence-electron chi connectivity index (χ1n) is 7.74. The van der Waals surface area contributed by atoms with Gasteiger partial charge in [0, 0.05) is 11.1 Å². The standard InChI is InChI=1S/C16H12F3N3O5S2/c1-9-8-28-15(20-9)21-14(23)12-6-7-13(26-12)29(24,25)22-10-2-4-11(5-3-10)27-16(17,18)19/h2-8,22H,1H3,(H,20,21,23). The van der Waals surface area contributed by atoms with Crippen molar-refractivity contribution in [2.24, 2.45) is 0 Å². The number of nitrogens with zero attached hydrogens (tertiary/aromatic N) is 1. The number of aryl methyl sites for hydroxylation is 1. The lowest BCUT2D eigenvalue weighted by Gasteiger charge is -2.10. The molecule has 8 nitrogen and oxygen atoms in total. The lowest BCUT2D eigenvalue weighted by atomic mass is 10.3. The van der Waals surface area contributed by atoms with E-state index in [-0.39, 0.29) is 11.4 Å². The molecule has 2 heterocycles. The lowest BCUT2D eigenvalue weighted by molar-refractivity contribution is -0.274. The third kappa shape index (κ3) is 5.48. The number of benzene rings is 1. The van der Waals surface area contributed by atoms with Crippen LogP contribution >= 0.6 is 11.3 Å². The second-order valence-electron chi connectivity index (χ2n) is 5.54. The number of furan rings is 1. The fraction of sp³-hybridized carbons (Fsp3) is 0.125. The monoisotopic (exact) mass is 447 g/mol. The van der Waals surface area contributed by atoms with Gasteiger partial charge in [0.05, 0.1) is 5.69 Å². The summed E-state index contributed by atoms with van der Waals surface area (Å²) in [5.74, 6) is -1.45. The molecule has 0 saturated carbocycles. The van der Waals surface area contributed by atoms with Gasteiger partial charge in [0.1, 0.15) is 5.75 Å². The predicted octanol–water partition coefficient (Wildman–Crippen LogP) is 4.00. The first kappa shape index (κ1) is 20.7. The Labute approximate surface area is 166 Å². The van der Waals surface area contributed by atoms with Crippen LogP contribution < -0.4 is 14.8 Å². The van der Waals surface area contributed by atoms with E-state index in [1.54, 1.807) is 12.3 Å². The van der Waals surface area contributed by atoms with Crippen LogP contribution in [0.25, 0.3) is 0 Å². The van der Waals surface area contributed by atoms with Gasteiger partial charge in [-0.2, -0.15) is 8.42 Å². The lowest BCUT2D eigenvalue weighted by Crippen LogP contribution is -2.17. The van der Waals surface area contributed by atoms with E-state index in [0.717, 1.165) is 30.3 Å². The number of alkyl halides is 3. The van der Waals surface area contributed by atoms with E-state index in [9.17, 15) is 26.4 Å². The molecule has 13 heteroatoms. The second kappa shape index (κ2) is 7.75. The summed E-state index contributed by atoms with van der Waals surface area (Å²) < 4.78 is 72.1. The highest BCUT2D eigenvalue weighted by molar-refractivity contribution is 7.92. The molecule has 29 heavy (non-hydrogen) atoms. The number of nitrogens with one attached hydrogen (secondary N) is 2. The van der Waals surface area contributed by atoms with Gasteiger partial charge in [-0.15, -0.1) is 24.5 Å². The summed E-state index contributed by atoms with van der Waals surface area (Å²) in [5, 5.41) is 3.98. The molecule has 0 aliphatic carbocycles. The van der Waals surface area contributed by atoms with E-state index in [0.29, 0.717) is 10.8 Å². The molecule has 0 fully saturated rings. The maximum Gasteiger partial charge on any atom is 0.573 e. The first-order valence-corrected chi connectivity index (χ1v) is 10.1. The smallest absolute Gasteiger partial charge is 0.438 e. The molecule has 1 aromatic carbocycles. The molecule has 0 aliphatic rings.